The lowest BCUT2D eigenvalue weighted by molar-refractivity contribution is -0.144. The molecule has 1 amide bonds. The van der Waals surface area contributed by atoms with Crippen LogP contribution < -0.4 is 0 Å². The van der Waals surface area contributed by atoms with Gasteiger partial charge in [0.1, 0.15) is 0 Å². The summed E-state index contributed by atoms with van der Waals surface area (Å²) in [5.41, 5.74) is 0.449. The largest absolute Gasteiger partial charge is 0.465 e. The van der Waals surface area contributed by atoms with Crippen LogP contribution in [0, 0.1) is 0 Å². The smallest absolute Gasteiger partial charge is 0.320 e. The van der Waals surface area contributed by atoms with Crippen LogP contribution in [-0.4, -0.2) is 61.0 Å². The number of amides is 1. The van der Waals surface area contributed by atoms with E-state index in [4.69, 9.17) is 27.9 Å². The second kappa shape index (κ2) is 7.81. The van der Waals surface area contributed by atoms with E-state index in [1.807, 2.05) is 4.90 Å². The van der Waals surface area contributed by atoms with Crippen molar-refractivity contribution in [2.24, 2.45) is 0 Å². The van der Waals surface area contributed by atoms with E-state index < -0.39 is 0 Å². The number of carbonyl (C=O) groups is 2. The van der Waals surface area contributed by atoms with Gasteiger partial charge in [0.15, 0.2) is 0 Å². The summed E-state index contributed by atoms with van der Waals surface area (Å²) in [5, 5.41) is 0.854. The molecule has 1 fully saturated rings. The maximum Gasteiger partial charge on any atom is 0.320 e. The molecule has 7 heteroatoms. The maximum atomic E-state index is 12.5. The van der Waals surface area contributed by atoms with Gasteiger partial charge in [0.2, 0.25) is 0 Å². The van der Waals surface area contributed by atoms with Crippen molar-refractivity contribution in [3.05, 3.63) is 33.8 Å². The zero-order chi connectivity index (χ0) is 16.1. The van der Waals surface area contributed by atoms with Crippen molar-refractivity contribution in [1.29, 1.82) is 0 Å². The third-order valence-corrected chi connectivity index (χ3v) is 4.03. The van der Waals surface area contributed by atoms with Crippen molar-refractivity contribution >= 4 is 35.1 Å². The van der Waals surface area contributed by atoms with Crippen LogP contribution in [0.3, 0.4) is 0 Å². The average molecular weight is 345 g/mol. The Labute approximate surface area is 139 Å². The minimum absolute atomic E-state index is 0.113. The molecule has 1 aliphatic rings. The fourth-order valence-electron chi connectivity index (χ4n) is 2.33. The predicted octanol–water partition coefficient (Wildman–Crippen LogP) is 2.31. The first-order chi connectivity index (χ1) is 10.5. The Hall–Kier alpha value is -1.30. The third-order valence-electron chi connectivity index (χ3n) is 3.48. The van der Waals surface area contributed by atoms with E-state index in [-0.39, 0.29) is 18.4 Å². The molecule has 0 aromatic heterocycles. The van der Waals surface area contributed by atoms with E-state index in [1.54, 1.807) is 30.0 Å². The predicted molar refractivity (Wildman–Crippen MR) is 85.4 cm³/mol. The molecule has 0 atom stereocenters. The minimum atomic E-state index is -0.233. The van der Waals surface area contributed by atoms with Gasteiger partial charge < -0.3 is 9.64 Å². The van der Waals surface area contributed by atoms with Crippen LogP contribution in [0.1, 0.15) is 17.3 Å². The summed E-state index contributed by atoms with van der Waals surface area (Å²) in [4.78, 5) is 27.6. The molecule has 0 bridgehead atoms. The average Bonchev–Trinajstić information content (AvgIpc) is 2.47. The highest BCUT2D eigenvalue weighted by Crippen LogP contribution is 2.22. The first-order valence-electron chi connectivity index (χ1n) is 7.13. The third kappa shape index (κ3) is 4.35. The second-order valence-corrected chi connectivity index (χ2v) is 5.84. The van der Waals surface area contributed by atoms with Gasteiger partial charge in [0.05, 0.1) is 23.7 Å². The van der Waals surface area contributed by atoms with Crippen molar-refractivity contribution in [1.82, 2.24) is 9.80 Å². The molecule has 1 aromatic carbocycles. The molecular weight excluding hydrogens is 327 g/mol. The summed E-state index contributed by atoms with van der Waals surface area (Å²) >= 11 is 11.9. The summed E-state index contributed by atoms with van der Waals surface area (Å²) < 4.78 is 4.92. The van der Waals surface area contributed by atoms with Gasteiger partial charge in [-0.1, -0.05) is 23.2 Å². The molecule has 1 aromatic rings. The molecule has 1 aliphatic heterocycles. The molecule has 1 saturated heterocycles. The molecule has 0 saturated carbocycles. The Kier molecular flexibility index (Phi) is 6.06. The summed E-state index contributed by atoms with van der Waals surface area (Å²) in [5.74, 6) is -0.347. The number of ether oxygens (including phenoxy) is 1. The Morgan fingerprint density at radius 1 is 1.18 bits per heavy atom. The van der Waals surface area contributed by atoms with Gasteiger partial charge in [-0.25, -0.2) is 0 Å². The zero-order valence-electron chi connectivity index (χ0n) is 12.3. The SMILES string of the molecule is CCOC(=O)CN1CCN(C(=O)c2ccc(Cl)cc2Cl)CC1. The van der Waals surface area contributed by atoms with Gasteiger partial charge in [0.25, 0.3) is 5.91 Å². The first kappa shape index (κ1) is 17.1. The molecule has 0 spiro atoms. The highest BCUT2D eigenvalue weighted by molar-refractivity contribution is 6.36. The number of carbonyl (C=O) groups excluding carboxylic acids is 2. The normalized spacial score (nSPS) is 15.7. The van der Waals surface area contributed by atoms with Gasteiger partial charge in [-0.05, 0) is 25.1 Å². The van der Waals surface area contributed by atoms with Gasteiger partial charge in [-0.3, -0.25) is 14.5 Å². The van der Waals surface area contributed by atoms with E-state index in [0.717, 1.165) is 0 Å². The number of piperazine rings is 1. The van der Waals surface area contributed by atoms with Gasteiger partial charge in [0, 0.05) is 31.2 Å². The molecule has 120 valence electrons. The quantitative estimate of drug-likeness (QED) is 0.786. The van der Waals surface area contributed by atoms with E-state index in [2.05, 4.69) is 0 Å². The van der Waals surface area contributed by atoms with Crippen LogP contribution >= 0.6 is 23.2 Å². The molecule has 22 heavy (non-hydrogen) atoms. The van der Waals surface area contributed by atoms with E-state index in [1.165, 1.54) is 0 Å². The molecule has 2 rings (SSSR count). The summed E-state index contributed by atoms with van der Waals surface area (Å²) in [6, 6.07) is 4.85. The number of benzene rings is 1. The summed E-state index contributed by atoms with van der Waals surface area (Å²) in [7, 11) is 0. The topological polar surface area (TPSA) is 49.9 Å². The minimum Gasteiger partial charge on any atom is -0.465 e. The van der Waals surface area contributed by atoms with Gasteiger partial charge in [-0.2, -0.15) is 0 Å². The molecule has 0 N–H and O–H groups in total. The highest BCUT2D eigenvalue weighted by atomic mass is 35.5. The Balaban J connectivity index is 1.91. The van der Waals surface area contributed by atoms with Crippen LogP contribution in [0.15, 0.2) is 18.2 Å². The molecule has 0 unspecified atom stereocenters. The van der Waals surface area contributed by atoms with Crippen LogP contribution in [0.4, 0.5) is 0 Å². The number of hydrogen-bond acceptors (Lipinski definition) is 4. The van der Waals surface area contributed by atoms with Crippen LogP contribution in [0.25, 0.3) is 0 Å². The standard InChI is InChI=1S/C15H18Cl2N2O3/c1-2-22-14(20)10-18-5-7-19(8-6-18)15(21)12-4-3-11(16)9-13(12)17/h3-4,9H,2,5-8,10H2,1H3. The Morgan fingerprint density at radius 3 is 2.45 bits per heavy atom. The van der Waals surface area contributed by atoms with Crippen molar-refractivity contribution in [3.63, 3.8) is 0 Å². The summed E-state index contributed by atoms with van der Waals surface area (Å²) in [6.07, 6.45) is 0. The van der Waals surface area contributed by atoms with Crippen molar-refractivity contribution in [2.45, 2.75) is 6.92 Å². The number of hydrogen-bond donors (Lipinski definition) is 0. The fraction of sp³-hybridized carbons (Fsp3) is 0.467. The van der Waals surface area contributed by atoms with E-state index in [9.17, 15) is 9.59 Å². The molecule has 5 nitrogen and oxygen atoms in total. The lowest BCUT2D eigenvalue weighted by Gasteiger charge is -2.34. The molecule has 0 radical (unpaired) electrons. The monoisotopic (exact) mass is 344 g/mol. The molecular formula is C15H18Cl2N2O3. The van der Waals surface area contributed by atoms with Gasteiger partial charge in [-0.15, -0.1) is 0 Å². The lowest BCUT2D eigenvalue weighted by Crippen LogP contribution is -2.50. The van der Waals surface area contributed by atoms with Crippen molar-refractivity contribution in [3.8, 4) is 0 Å². The van der Waals surface area contributed by atoms with Crippen LogP contribution in [0.5, 0.6) is 0 Å². The molecule has 0 aliphatic carbocycles. The number of esters is 1. The van der Waals surface area contributed by atoms with Crippen LogP contribution in [-0.2, 0) is 9.53 Å². The Morgan fingerprint density at radius 2 is 1.86 bits per heavy atom. The number of halogens is 2. The van der Waals surface area contributed by atoms with Crippen molar-refractivity contribution < 1.29 is 14.3 Å². The van der Waals surface area contributed by atoms with Crippen LogP contribution in [0.2, 0.25) is 10.0 Å². The van der Waals surface area contributed by atoms with E-state index in [0.29, 0.717) is 48.4 Å². The number of rotatable bonds is 4. The fourth-order valence-corrected chi connectivity index (χ4v) is 2.82. The van der Waals surface area contributed by atoms with Crippen molar-refractivity contribution in [2.75, 3.05) is 39.3 Å². The maximum absolute atomic E-state index is 12.5. The van der Waals surface area contributed by atoms with Gasteiger partial charge >= 0.3 is 5.97 Å². The Bertz CT molecular complexity index is 558. The first-order valence-corrected chi connectivity index (χ1v) is 7.89. The van der Waals surface area contributed by atoms with E-state index >= 15 is 0 Å². The molecule has 1 heterocycles. The zero-order valence-corrected chi connectivity index (χ0v) is 13.9. The lowest BCUT2D eigenvalue weighted by atomic mass is 10.2. The number of nitrogens with zero attached hydrogens (tertiary/aromatic N) is 2. The highest BCUT2D eigenvalue weighted by Gasteiger charge is 2.24. The second-order valence-electron chi connectivity index (χ2n) is 5.00. The summed E-state index contributed by atoms with van der Waals surface area (Å²) in [6.45, 7) is 4.80.